The highest BCUT2D eigenvalue weighted by Crippen LogP contribution is 2.15. The molecule has 0 fully saturated rings. The van der Waals surface area contributed by atoms with Crippen molar-refractivity contribution in [1.82, 2.24) is 5.32 Å². The van der Waals surface area contributed by atoms with Crippen molar-refractivity contribution in [2.24, 2.45) is 5.92 Å². The topological polar surface area (TPSA) is 12.0 Å². The molecule has 0 radical (unpaired) electrons. The summed E-state index contributed by atoms with van der Waals surface area (Å²) in [6.45, 7) is 6.81. The molecule has 0 aliphatic carbocycles. The maximum absolute atomic E-state index is 3.55. The molecule has 0 saturated heterocycles. The standard InChI is InChI=1S/C15H24IN/c1-3-5-14(12-17-10-4-2)11-13-6-8-15(16)9-7-13/h6-9,14,17H,3-5,10-12H2,1-2H3. The van der Waals surface area contributed by atoms with E-state index < -0.39 is 0 Å². The molecule has 0 spiro atoms. The molecule has 1 atom stereocenters. The van der Waals surface area contributed by atoms with Crippen molar-refractivity contribution in [3.05, 3.63) is 33.4 Å². The number of halogens is 1. The second-order valence-corrected chi connectivity index (χ2v) is 5.94. The molecule has 1 rings (SSSR count). The molecule has 1 unspecified atom stereocenters. The maximum Gasteiger partial charge on any atom is 0.0130 e. The molecular formula is C15H24IN. The van der Waals surface area contributed by atoms with Crippen LogP contribution in [0.4, 0.5) is 0 Å². The third kappa shape index (κ3) is 6.41. The first kappa shape index (κ1) is 15.0. The zero-order chi connectivity index (χ0) is 12.5. The molecule has 2 heteroatoms. The molecule has 0 amide bonds. The van der Waals surface area contributed by atoms with Gasteiger partial charge in [0, 0.05) is 3.57 Å². The van der Waals surface area contributed by atoms with Crippen molar-refractivity contribution in [3.8, 4) is 0 Å². The minimum Gasteiger partial charge on any atom is -0.316 e. The van der Waals surface area contributed by atoms with Crippen LogP contribution in [0.25, 0.3) is 0 Å². The molecular weight excluding hydrogens is 321 g/mol. The van der Waals surface area contributed by atoms with Gasteiger partial charge in [-0.1, -0.05) is 32.4 Å². The molecule has 1 nitrogen and oxygen atoms in total. The van der Waals surface area contributed by atoms with Gasteiger partial charge in [0.2, 0.25) is 0 Å². The van der Waals surface area contributed by atoms with Crippen LogP contribution in [0.2, 0.25) is 0 Å². The molecule has 0 saturated carbocycles. The van der Waals surface area contributed by atoms with Crippen molar-refractivity contribution in [1.29, 1.82) is 0 Å². The van der Waals surface area contributed by atoms with E-state index in [9.17, 15) is 0 Å². The van der Waals surface area contributed by atoms with Crippen LogP contribution in [0, 0.1) is 9.49 Å². The normalized spacial score (nSPS) is 12.6. The Morgan fingerprint density at radius 1 is 1.12 bits per heavy atom. The van der Waals surface area contributed by atoms with Crippen LogP contribution in [-0.2, 0) is 6.42 Å². The lowest BCUT2D eigenvalue weighted by Gasteiger charge is -2.17. The fourth-order valence-corrected chi connectivity index (χ4v) is 2.48. The van der Waals surface area contributed by atoms with Crippen molar-refractivity contribution < 1.29 is 0 Å². The third-order valence-corrected chi connectivity index (χ3v) is 3.71. The van der Waals surface area contributed by atoms with Crippen LogP contribution in [-0.4, -0.2) is 13.1 Å². The van der Waals surface area contributed by atoms with Gasteiger partial charge in [-0.3, -0.25) is 0 Å². The summed E-state index contributed by atoms with van der Waals surface area (Å²) in [5.41, 5.74) is 1.47. The van der Waals surface area contributed by atoms with Gasteiger partial charge in [0.05, 0.1) is 0 Å². The van der Waals surface area contributed by atoms with E-state index in [1.807, 2.05) is 0 Å². The Kier molecular flexibility index (Phi) is 7.86. The number of rotatable bonds is 8. The molecule has 0 aliphatic heterocycles. The quantitative estimate of drug-likeness (QED) is 0.549. The van der Waals surface area contributed by atoms with Crippen molar-refractivity contribution in [3.63, 3.8) is 0 Å². The van der Waals surface area contributed by atoms with E-state index in [1.165, 1.54) is 34.8 Å². The van der Waals surface area contributed by atoms with Crippen LogP contribution >= 0.6 is 22.6 Å². The average Bonchev–Trinajstić information content (AvgIpc) is 2.32. The highest BCUT2D eigenvalue weighted by Gasteiger charge is 2.08. The highest BCUT2D eigenvalue weighted by molar-refractivity contribution is 14.1. The molecule has 0 aliphatic rings. The monoisotopic (exact) mass is 345 g/mol. The van der Waals surface area contributed by atoms with Gasteiger partial charge in [-0.25, -0.2) is 0 Å². The molecule has 0 bridgehead atoms. The Morgan fingerprint density at radius 3 is 2.41 bits per heavy atom. The second kappa shape index (κ2) is 8.92. The fraction of sp³-hybridized carbons (Fsp3) is 0.600. The lowest BCUT2D eigenvalue weighted by Crippen LogP contribution is -2.25. The minimum absolute atomic E-state index is 0.784. The summed E-state index contributed by atoms with van der Waals surface area (Å²) in [5.74, 6) is 0.784. The molecule has 1 N–H and O–H groups in total. The summed E-state index contributed by atoms with van der Waals surface area (Å²) in [6.07, 6.45) is 5.04. The van der Waals surface area contributed by atoms with Gasteiger partial charge in [-0.05, 0) is 78.6 Å². The zero-order valence-electron chi connectivity index (χ0n) is 11.0. The van der Waals surface area contributed by atoms with E-state index in [0.29, 0.717) is 0 Å². The summed E-state index contributed by atoms with van der Waals surface area (Å²) in [7, 11) is 0. The van der Waals surface area contributed by atoms with Gasteiger partial charge in [0.1, 0.15) is 0 Å². The first-order valence-electron chi connectivity index (χ1n) is 6.71. The van der Waals surface area contributed by atoms with Crippen molar-refractivity contribution in [2.75, 3.05) is 13.1 Å². The largest absolute Gasteiger partial charge is 0.316 e. The smallest absolute Gasteiger partial charge is 0.0130 e. The third-order valence-electron chi connectivity index (χ3n) is 2.99. The minimum atomic E-state index is 0.784. The summed E-state index contributed by atoms with van der Waals surface area (Å²) in [5, 5.41) is 3.55. The zero-order valence-corrected chi connectivity index (χ0v) is 13.2. The van der Waals surface area contributed by atoms with E-state index in [2.05, 4.69) is 66.0 Å². The predicted octanol–water partition coefficient (Wildman–Crippen LogP) is 4.25. The Bertz CT molecular complexity index is 294. The van der Waals surface area contributed by atoms with Crippen LogP contribution in [0.15, 0.2) is 24.3 Å². The maximum atomic E-state index is 3.55. The fourth-order valence-electron chi connectivity index (χ4n) is 2.12. The molecule has 96 valence electrons. The Hall–Kier alpha value is -0.0900. The lowest BCUT2D eigenvalue weighted by molar-refractivity contribution is 0.439. The Morgan fingerprint density at radius 2 is 1.82 bits per heavy atom. The van der Waals surface area contributed by atoms with Gasteiger partial charge in [-0.2, -0.15) is 0 Å². The summed E-state index contributed by atoms with van der Waals surface area (Å²) < 4.78 is 1.32. The number of hydrogen-bond acceptors (Lipinski definition) is 1. The first-order valence-corrected chi connectivity index (χ1v) is 7.79. The number of hydrogen-bond donors (Lipinski definition) is 1. The van der Waals surface area contributed by atoms with Gasteiger partial charge in [0.15, 0.2) is 0 Å². The molecule has 1 aromatic carbocycles. The van der Waals surface area contributed by atoms with Crippen molar-refractivity contribution >= 4 is 22.6 Å². The van der Waals surface area contributed by atoms with Gasteiger partial charge in [-0.15, -0.1) is 0 Å². The lowest BCUT2D eigenvalue weighted by atomic mass is 9.95. The van der Waals surface area contributed by atoms with E-state index in [0.717, 1.165) is 19.0 Å². The van der Waals surface area contributed by atoms with Crippen LogP contribution in [0.5, 0.6) is 0 Å². The molecule has 17 heavy (non-hydrogen) atoms. The summed E-state index contributed by atoms with van der Waals surface area (Å²) in [4.78, 5) is 0. The predicted molar refractivity (Wildman–Crippen MR) is 84.4 cm³/mol. The Labute approximate surface area is 120 Å². The van der Waals surface area contributed by atoms with E-state index in [1.54, 1.807) is 0 Å². The van der Waals surface area contributed by atoms with E-state index in [-0.39, 0.29) is 0 Å². The van der Waals surface area contributed by atoms with E-state index in [4.69, 9.17) is 0 Å². The van der Waals surface area contributed by atoms with Crippen LogP contribution in [0.1, 0.15) is 38.7 Å². The second-order valence-electron chi connectivity index (χ2n) is 4.69. The average molecular weight is 345 g/mol. The SMILES string of the molecule is CCCNCC(CCC)Cc1ccc(I)cc1. The molecule has 1 aromatic rings. The van der Waals surface area contributed by atoms with Gasteiger partial charge in [0.25, 0.3) is 0 Å². The van der Waals surface area contributed by atoms with Crippen molar-refractivity contribution in [2.45, 2.75) is 39.5 Å². The Balaban J connectivity index is 2.44. The molecule has 0 aromatic heterocycles. The molecule has 0 heterocycles. The number of benzene rings is 1. The van der Waals surface area contributed by atoms with E-state index >= 15 is 0 Å². The first-order chi connectivity index (χ1) is 8.26. The number of nitrogens with one attached hydrogen (secondary N) is 1. The van der Waals surface area contributed by atoms with Crippen LogP contribution in [0.3, 0.4) is 0 Å². The van der Waals surface area contributed by atoms with Crippen LogP contribution < -0.4 is 5.32 Å². The highest BCUT2D eigenvalue weighted by atomic mass is 127. The summed E-state index contributed by atoms with van der Waals surface area (Å²) in [6, 6.07) is 8.95. The summed E-state index contributed by atoms with van der Waals surface area (Å²) >= 11 is 2.36. The van der Waals surface area contributed by atoms with Gasteiger partial charge < -0.3 is 5.32 Å². The van der Waals surface area contributed by atoms with Gasteiger partial charge >= 0.3 is 0 Å².